The van der Waals surface area contributed by atoms with Crippen LogP contribution in [0.15, 0.2) is 78.9 Å². The van der Waals surface area contributed by atoms with E-state index in [0.717, 1.165) is 0 Å². The van der Waals surface area contributed by atoms with Crippen molar-refractivity contribution in [1.82, 2.24) is 0 Å². The number of para-hydroxylation sites is 1. The van der Waals surface area contributed by atoms with Crippen LogP contribution in [0, 0.1) is 0 Å². The van der Waals surface area contributed by atoms with Crippen molar-refractivity contribution in [3.8, 4) is 17.2 Å². The fourth-order valence-electron chi connectivity index (χ4n) is 2.83. The number of ketones is 1. The Morgan fingerprint density at radius 1 is 0.967 bits per heavy atom. The first-order valence-electron chi connectivity index (χ1n) is 9.44. The fourth-order valence-corrected chi connectivity index (χ4v) is 2.83. The molecule has 0 heterocycles. The molecule has 1 N–H and O–H groups in total. The molecule has 0 spiro atoms. The van der Waals surface area contributed by atoms with E-state index in [9.17, 15) is 14.7 Å². The molecule has 0 aliphatic rings. The number of carbonyl (C=O) groups excluding carboxylic acids is 2. The van der Waals surface area contributed by atoms with Gasteiger partial charge in [0.05, 0.1) is 5.56 Å². The van der Waals surface area contributed by atoms with Crippen LogP contribution in [0.5, 0.6) is 17.2 Å². The summed E-state index contributed by atoms with van der Waals surface area (Å²) in [4.78, 5) is 23.3. The van der Waals surface area contributed by atoms with Crippen LogP contribution in [-0.2, 0) is 9.53 Å². The number of benzene rings is 3. The summed E-state index contributed by atoms with van der Waals surface area (Å²) in [5.74, 6) is 0.795. The largest absolute Gasteiger partial charge is 0.465 e. The number of aliphatic hydroxyl groups is 1. The SMILES string of the molecule is CC(OCC=O)Oc1cccc(Oc2ccccc2C(=O)C(O)c2ccccc2)c1. The number of carbonyl (C=O) groups is 2. The molecule has 0 radical (unpaired) electrons. The van der Waals surface area contributed by atoms with Crippen LogP contribution in [-0.4, -0.2) is 30.1 Å². The van der Waals surface area contributed by atoms with Gasteiger partial charge in [-0.2, -0.15) is 0 Å². The molecule has 3 aromatic carbocycles. The first-order chi connectivity index (χ1) is 14.6. The van der Waals surface area contributed by atoms with Gasteiger partial charge in [-0.15, -0.1) is 0 Å². The Bertz CT molecular complexity index is 986. The summed E-state index contributed by atoms with van der Waals surface area (Å²) in [6.07, 6.45) is -1.25. The molecule has 0 saturated carbocycles. The third-order valence-electron chi connectivity index (χ3n) is 4.25. The number of hydrogen-bond donors (Lipinski definition) is 1. The van der Waals surface area contributed by atoms with E-state index in [1.807, 2.05) is 6.07 Å². The van der Waals surface area contributed by atoms with E-state index < -0.39 is 18.2 Å². The molecule has 154 valence electrons. The van der Waals surface area contributed by atoms with Gasteiger partial charge in [-0.25, -0.2) is 0 Å². The molecule has 0 saturated heterocycles. The standard InChI is InChI=1S/C24H22O6/c1-17(28-15-14-25)29-19-10-7-11-20(16-19)30-22-13-6-5-12-21(22)24(27)23(26)18-8-3-2-4-9-18/h2-14,16-17,23,26H,15H2,1H3. The zero-order valence-electron chi connectivity index (χ0n) is 16.4. The summed E-state index contributed by atoms with van der Waals surface area (Å²) in [5.41, 5.74) is 0.778. The Balaban J connectivity index is 1.77. The van der Waals surface area contributed by atoms with Gasteiger partial charge in [0.2, 0.25) is 0 Å². The van der Waals surface area contributed by atoms with Crippen LogP contribution in [0.25, 0.3) is 0 Å². The molecular weight excluding hydrogens is 384 g/mol. The lowest BCUT2D eigenvalue weighted by Crippen LogP contribution is -2.17. The first-order valence-corrected chi connectivity index (χ1v) is 9.44. The molecule has 6 nitrogen and oxygen atoms in total. The van der Waals surface area contributed by atoms with Gasteiger partial charge in [0.1, 0.15) is 36.2 Å². The summed E-state index contributed by atoms with van der Waals surface area (Å²) >= 11 is 0. The number of aldehydes is 1. The highest BCUT2D eigenvalue weighted by atomic mass is 16.7. The minimum absolute atomic E-state index is 0.0589. The minimum atomic E-state index is -1.29. The lowest BCUT2D eigenvalue weighted by Gasteiger charge is -2.16. The summed E-state index contributed by atoms with van der Waals surface area (Å²) in [5, 5.41) is 10.5. The van der Waals surface area contributed by atoms with Gasteiger partial charge >= 0.3 is 0 Å². The van der Waals surface area contributed by atoms with Crippen molar-refractivity contribution < 1.29 is 28.9 Å². The molecule has 3 aromatic rings. The highest BCUT2D eigenvalue weighted by molar-refractivity contribution is 6.02. The molecule has 0 aliphatic carbocycles. The van der Waals surface area contributed by atoms with Crippen molar-refractivity contribution in [3.63, 3.8) is 0 Å². The van der Waals surface area contributed by atoms with Crippen molar-refractivity contribution in [2.24, 2.45) is 0 Å². The van der Waals surface area contributed by atoms with Crippen LogP contribution in [0.3, 0.4) is 0 Å². The van der Waals surface area contributed by atoms with E-state index in [4.69, 9.17) is 14.2 Å². The lowest BCUT2D eigenvalue weighted by atomic mass is 9.99. The third-order valence-corrected chi connectivity index (χ3v) is 4.25. The van der Waals surface area contributed by atoms with Crippen LogP contribution >= 0.6 is 0 Å². The van der Waals surface area contributed by atoms with Crippen LogP contribution in [0.2, 0.25) is 0 Å². The zero-order chi connectivity index (χ0) is 21.3. The second kappa shape index (κ2) is 10.3. The topological polar surface area (TPSA) is 82.1 Å². The molecule has 2 atom stereocenters. The van der Waals surface area contributed by atoms with Gasteiger partial charge in [-0.1, -0.05) is 48.5 Å². The maximum absolute atomic E-state index is 12.9. The Kier molecular flexibility index (Phi) is 7.32. The number of rotatable bonds is 10. The van der Waals surface area contributed by atoms with Crippen molar-refractivity contribution in [2.45, 2.75) is 19.3 Å². The highest BCUT2D eigenvalue weighted by Crippen LogP contribution is 2.31. The second-order valence-electron chi connectivity index (χ2n) is 6.44. The molecule has 6 heteroatoms. The summed E-state index contributed by atoms with van der Waals surface area (Å²) in [6.45, 7) is 1.62. The van der Waals surface area contributed by atoms with Gasteiger partial charge in [-0.3, -0.25) is 4.79 Å². The van der Waals surface area contributed by atoms with Gasteiger partial charge in [0.15, 0.2) is 12.1 Å². The smallest absolute Gasteiger partial charge is 0.199 e. The molecule has 0 amide bonds. The van der Waals surface area contributed by atoms with E-state index in [1.54, 1.807) is 79.7 Å². The van der Waals surface area contributed by atoms with Crippen molar-refractivity contribution in [1.29, 1.82) is 0 Å². The molecule has 3 rings (SSSR count). The third kappa shape index (κ3) is 5.53. The summed E-state index contributed by atoms with van der Waals surface area (Å²) in [6, 6.07) is 22.3. The van der Waals surface area contributed by atoms with Gasteiger partial charge in [0, 0.05) is 6.07 Å². The zero-order valence-corrected chi connectivity index (χ0v) is 16.4. The second-order valence-corrected chi connectivity index (χ2v) is 6.44. The number of Topliss-reactive ketones (excluding diaryl/α,β-unsaturated/α-hetero) is 1. The van der Waals surface area contributed by atoms with Crippen molar-refractivity contribution in [2.75, 3.05) is 6.61 Å². The number of ether oxygens (including phenoxy) is 3. The first kappa shape index (κ1) is 21.2. The molecule has 30 heavy (non-hydrogen) atoms. The molecule has 0 aliphatic heterocycles. The normalized spacial score (nSPS) is 12.6. The van der Waals surface area contributed by atoms with Gasteiger partial charge in [-0.05, 0) is 36.8 Å². The van der Waals surface area contributed by atoms with Crippen LogP contribution < -0.4 is 9.47 Å². The molecule has 0 fully saturated rings. The van der Waals surface area contributed by atoms with E-state index in [-0.39, 0.29) is 12.2 Å². The quantitative estimate of drug-likeness (QED) is 0.306. The lowest BCUT2D eigenvalue weighted by molar-refractivity contribution is -0.121. The maximum Gasteiger partial charge on any atom is 0.199 e. The van der Waals surface area contributed by atoms with E-state index in [0.29, 0.717) is 29.1 Å². The Labute approximate surface area is 174 Å². The molecule has 0 bridgehead atoms. The monoisotopic (exact) mass is 406 g/mol. The Morgan fingerprint density at radius 3 is 2.43 bits per heavy atom. The van der Waals surface area contributed by atoms with E-state index >= 15 is 0 Å². The molecule has 2 unspecified atom stereocenters. The van der Waals surface area contributed by atoms with E-state index in [1.165, 1.54) is 0 Å². The fraction of sp³-hybridized carbons (Fsp3) is 0.167. The van der Waals surface area contributed by atoms with Gasteiger partial charge < -0.3 is 24.1 Å². The Morgan fingerprint density at radius 2 is 1.67 bits per heavy atom. The number of hydrogen-bond acceptors (Lipinski definition) is 6. The van der Waals surface area contributed by atoms with E-state index in [2.05, 4.69) is 0 Å². The predicted molar refractivity (Wildman–Crippen MR) is 111 cm³/mol. The molecule has 0 aromatic heterocycles. The minimum Gasteiger partial charge on any atom is -0.465 e. The van der Waals surface area contributed by atoms with Crippen LogP contribution in [0.4, 0.5) is 0 Å². The number of aliphatic hydroxyl groups excluding tert-OH is 1. The van der Waals surface area contributed by atoms with Gasteiger partial charge in [0.25, 0.3) is 0 Å². The predicted octanol–water partition coefficient (Wildman–Crippen LogP) is 4.34. The summed E-state index contributed by atoms with van der Waals surface area (Å²) < 4.78 is 16.7. The summed E-state index contributed by atoms with van der Waals surface area (Å²) in [7, 11) is 0. The van der Waals surface area contributed by atoms with Crippen molar-refractivity contribution >= 4 is 12.1 Å². The maximum atomic E-state index is 12.9. The van der Waals surface area contributed by atoms with Crippen LogP contribution in [0.1, 0.15) is 28.9 Å². The average molecular weight is 406 g/mol. The molecular formula is C24H22O6. The average Bonchev–Trinajstić information content (AvgIpc) is 2.78. The highest BCUT2D eigenvalue weighted by Gasteiger charge is 2.22. The Hall–Kier alpha value is -3.48. The van der Waals surface area contributed by atoms with Crippen molar-refractivity contribution in [3.05, 3.63) is 90.0 Å².